The smallest absolute Gasteiger partial charge is 0.471 e. The zero-order chi connectivity index (χ0) is 24.0. The van der Waals surface area contributed by atoms with Crippen molar-refractivity contribution in [3.05, 3.63) is 65.4 Å². The number of ketones is 1. The van der Waals surface area contributed by atoms with Gasteiger partial charge in [-0.3, -0.25) is 14.5 Å². The van der Waals surface area contributed by atoms with Gasteiger partial charge in [0, 0.05) is 17.7 Å². The maximum absolute atomic E-state index is 13.8. The van der Waals surface area contributed by atoms with Crippen molar-refractivity contribution in [3.8, 4) is 5.75 Å². The largest absolute Gasteiger partial charge is 0.494 e. The van der Waals surface area contributed by atoms with Crippen molar-refractivity contribution in [2.45, 2.75) is 45.8 Å². The van der Waals surface area contributed by atoms with Crippen LogP contribution >= 0.6 is 0 Å². The lowest BCUT2D eigenvalue weighted by molar-refractivity contribution is -0.170. The Morgan fingerprint density at radius 2 is 1.79 bits per heavy atom. The van der Waals surface area contributed by atoms with Gasteiger partial charge in [-0.15, -0.1) is 0 Å². The number of halogens is 3. The van der Waals surface area contributed by atoms with E-state index >= 15 is 0 Å². The highest BCUT2D eigenvalue weighted by Crippen LogP contribution is 2.49. The van der Waals surface area contributed by atoms with Crippen LogP contribution in [0.5, 0.6) is 5.75 Å². The van der Waals surface area contributed by atoms with E-state index in [2.05, 4.69) is 5.32 Å². The zero-order valence-electron chi connectivity index (χ0n) is 18.6. The maximum atomic E-state index is 13.8. The average molecular weight is 458 g/mol. The number of hydrogen-bond acceptors (Lipinski definition) is 4. The summed E-state index contributed by atoms with van der Waals surface area (Å²) in [6, 6.07) is 11.6. The minimum atomic E-state index is -5.13. The van der Waals surface area contributed by atoms with E-state index in [1.54, 1.807) is 42.5 Å². The lowest BCUT2D eigenvalue weighted by atomic mass is 9.73. The molecule has 1 aliphatic carbocycles. The highest BCUT2D eigenvalue weighted by atomic mass is 19.4. The molecule has 33 heavy (non-hydrogen) atoms. The first-order valence-electron chi connectivity index (χ1n) is 10.8. The maximum Gasteiger partial charge on any atom is 0.471 e. The molecule has 0 fully saturated rings. The van der Waals surface area contributed by atoms with Gasteiger partial charge >= 0.3 is 12.1 Å². The Morgan fingerprint density at radius 3 is 2.42 bits per heavy atom. The summed E-state index contributed by atoms with van der Waals surface area (Å²) < 4.78 is 46.9. The number of amides is 1. The van der Waals surface area contributed by atoms with Crippen LogP contribution in [0.3, 0.4) is 0 Å². The molecule has 1 aliphatic heterocycles. The molecule has 8 heteroatoms. The van der Waals surface area contributed by atoms with Gasteiger partial charge in [-0.05, 0) is 48.6 Å². The fourth-order valence-corrected chi connectivity index (χ4v) is 4.58. The lowest BCUT2D eigenvalue weighted by Gasteiger charge is -2.37. The van der Waals surface area contributed by atoms with Gasteiger partial charge in [0.15, 0.2) is 5.78 Å². The Labute approximate surface area is 190 Å². The molecule has 2 aliphatic rings. The molecule has 0 radical (unpaired) electrons. The quantitative estimate of drug-likeness (QED) is 0.633. The summed E-state index contributed by atoms with van der Waals surface area (Å²) in [4.78, 5) is 26.9. The molecule has 0 aromatic heterocycles. The molecule has 4 rings (SSSR count). The second-order valence-corrected chi connectivity index (χ2v) is 9.05. The SMILES string of the molecule is CCOc1ccc([C@H]2C3=C(CC(C)(C)CC3=O)Nc3ccccc3N2C(=O)C(F)(F)F)cc1. The third-order valence-corrected chi connectivity index (χ3v) is 5.87. The highest BCUT2D eigenvalue weighted by molar-refractivity contribution is 6.07. The van der Waals surface area contributed by atoms with Crippen molar-refractivity contribution in [1.82, 2.24) is 0 Å². The van der Waals surface area contributed by atoms with Crippen LogP contribution < -0.4 is 15.0 Å². The molecule has 174 valence electrons. The lowest BCUT2D eigenvalue weighted by Crippen LogP contribution is -2.45. The topological polar surface area (TPSA) is 58.6 Å². The molecular weight excluding hydrogens is 433 g/mol. The summed E-state index contributed by atoms with van der Waals surface area (Å²) in [7, 11) is 0. The molecule has 1 N–H and O–H groups in total. The molecule has 5 nitrogen and oxygen atoms in total. The monoisotopic (exact) mass is 458 g/mol. The van der Waals surface area contributed by atoms with Crippen LogP contribution in [0.2, 0.25) is 0 Å². The van der Waals surface area contributed by atoms with Crippen LogP contribution in [-0.4, -0.2) is 24.5 Å². The molecule has 2 aromatic rings. The van der Waals surface area contributed by atoms with E-state index in [1.165, 1.54) is 6.07 Å². The Hall–Kier alpha value is -3.29. The molecule has 0 saturated carbocycles. The third kappa shape index (κ3) is 4.34. The molecule has 1 atom stereocenters. The van der Waals surface area contributed by atoms with Gasteiger partial charge in [0.05, 0.1) is 24.0 Å². The number of hydrogen-bond donors (Lipinski definition) is 1. The number of ether oxygens (including phenoxy) is 1. The number of para-hydroxylation sites is 2. The highest BCUT2D eigenvalue weighted by Gasteiger charge is 2.50. The van der Waals surface area contributed by atoms with Crippen LogP contribution in [-0.2, 0) is 9.59 Å². The number of nitrogens with one attached hydrogen (secondary N) is 1. The number of anilines is 2. The first-order chi connectivity index (χ1) is 15.5. The molecule has 0 saturated heterocycles. The predicted octanol–water partition coefficient (Wildman–Crippen LogP) is 5.79. The Kier molecular flexibility index (Phi) is 5.72. The van der Waals surface area contributed by atoms with Crippen LogP contribution in [0.4, 0.5) is 24.5 Å². The van der Waals surface area contributed by atoms with Gasteiger partial charge in [0.25, 0.3) is 0 Å². The van der Waals surface area contributed by atoms with E-state index in [0.29, 0.717) is 40.6 Å². The van der Waals surface area contributed by atoms with Gasteiger partial charge in [0.2, 0.25) is 0 Å². The summed E-state index contributed by atoms with van der Waals surface area (Å²) in [5, 5.41) is 3.19. The molecule has 1 amide bonds. The van der Waals surface area contributed by atoms with E-state index in [1.807, 2.05) is 20.8 Å². The van der Waals surface area contributed by atoms with Crippen molar-refractivity contribution < 1.29 is 27.5 Å². The standard InChI is InChI=1S/C25H25F3N2O3/c1-4-33-16-11-9-15(10-12-16)22-21-18(13-24(2,3)14-20(21)31)29-17-7-5-6-8-19(17)30(22)23(32)25(26,27)28/h5-12,22,29H,4,13-14H2,1-3H3/t22-/m0/s1. The van der Waals surface area contributed by atoms with Gasteiger partial charge in [-0.25, -0.2) is 0 Å². The molecule has 0 bridgehead atoms. The van der Waals surface area contributed by atoms with Gasteiger partial charge in [-0.2, -0.15) is 13.2 Å². The number of nitrogens with zero attached hydrogens (tertiary/aromatic N) is 1. The minimum absolute atomic E-state index is 0.0683. The van der Waals surface area contributed by atoms with Crippen molar-refractivity contribution in [2.24, 2.45) is 5.41 Å². The fraction of sp³-hybridized carbons (Fsp3) is 0.360. The molecule has 2 aromatic carbocycles. The average Bonchev–Trinajstić information content (AvgIpc) is 2.86. The summed E-state index contributed by atoms with van der Waals surface area (Å²) in [6.07, 6.45) is -4.49. The van der Waals surface area contributed by atoms with Crippen molar-refractivity contribution >= 4 is 23.1 Å². The zero-order valence-corrected chi connectivity index (χ0v) is 18.6. The Bertz CT molecular complexity index is 1120. The first-order valence-corrected chi connectivity index (χ1v) is 10.8. The predicted molar refractivity (Wildman–Crippen MR) is 119 cm³/mol. The fourth-order valence-electron chi connectivity index (χ4n) is 4.58. The third-order valence-electron chi connectivity index (χ3n) is 5.87. The number of carbonyl (C=O) groups is 2. The second kappa shape index (κ2) is 8.24. The van der Waals surface area contributed by atoms with Crippen LogP contribution in [0, 0.1) is 5.41 Å². The van der Waals surface area contributed by atoms with E-state index in [-0.39, 0.29) is 28.9 Å². The van der Waals surface area contributed by atoms with Gasteiger partial charge in [-0.1, -0.05) is 38.1 Å². The van der Waals surface area contributed by atoms with Crippen LogP contribution in [0.15, 0.2) is 59.8 Å². The van der Waals surface area contributed by atoms with E-state index < -0.39 is 18.1 Å². The number of carbonyl (C=O) groups excluding carboxylic acids is 2. The van der Waals surface area contributed by atoms with E-state index in [0.717, 1.165) is 0 Å². The number of rotatable bonds is 3. The first kappa shape index (κ1) is 22.9. The Balaban J connectivity index is 1.98. The van der Waals surface area contributed by atoms with Gasteiger partial charge < -0.3 is 10.1 Å². The van der Waals surface area contributed by atoms with E-state index in [4.69, 9.17) is 4.74 Å². The van der Waals surface area contributed by atoms with Crippen molar-refractivity contribution in [2.75, 3.05) is 16.8 Å². The number of allylic oxidation sites excluding steroid dienone is 1. The summed E-state index contributed by atoms with van der Waals surface area (Å²) in [5.41, 5.74) is 1.17. The number of fused-ring (bicyclic) bond motifs is 1. The molecule has 0 unspecified atom stereocenters. The second-order valence-electron chi connectivity index (χ2n) is 9.05. The molecule has 1 heterocycles. The number of Topliss-reactive ketones (excluding diaryl/α,β-unsaturated/α-hetero) is 1. The molecule has 0 spiro atoms. The number of alkyl halides is 3. The minimum Gasteiger partial charge on any atom is -0.494 e. The van der Waals surface area contributed by atoms with Gasteiger partial charge in [0.1, 0.15) is 5.75 Å². The van der Waals surface area contributed by atoms with Crippen molar-refractivity contribution in [3.63, 3.8) is 0 Å². The summed E-state index contributed by atoms with van der Waals surface area (Å²) in [5.74, 6) is -1.75. The molecular formula is C25H25F3N2O3. The Morgan fingerprint density at radius 1 is 1.12 bits per heavy atom. The normalized spacial score (nSPS) is 19.9. The number of benzene rings is 2. The van der Waals surface area contributed by atoms with Crippen LogP contribution in [0.1, 0.15) is 45.2 Å². The van der Waals surface area contributed by atoms with Crippen LogP contribution in [0.25, 0.3) is 0 Å². The van der Waals surface area contributed by atoms with E-state index in [9.17, 15) is 22.8 Å². The van der Waals surface area contributed by atoms with Crippen molar-refractivity contribution in [1.29, 1.82) is 0 Å². The summed E-state index contributed by atoms with van der Waals surface area (Å²) >= 11 is 0. The summed E-state index contributed by atoms with van der Waals surface area (Å²) in [6.45, 7) is 6.14.